The third kappa shape index (κ3) is 9.51. The zero-order valence-corrected chi connectivity index (χ0v) is 42.7. The van der Waals surface area contributed by atoms with Gasteiger partial charge in [-0.25, -0.2) is 0 Å². The molecule has 1 aliphatic carbocycles. The molecule has 4 nitrogen and oxygen atoms in total. The second-order valence-corrected chi connectivity index (χ2v) is 18.3. The summed E-state index contributed by atoms with van der Waals surface area (Å²) in [6.45, 7) is 13.6. The topological polar surface area (TPSA) is 46.9 Å². The van der Waals surface area contributed by atoms with Crippen molar-refractivity contribution in [1.82, 2.24) is 0 Å². The van der Waals surface area contributed by atoms with Crippen LogP contribution in [0.2, 0.25) is 0 Å². The minimum Gasteiger partial charge on any atom is -1.00 e. The molecule has 59 heavy (non-hydrogen) atoms. The first-order valence-corrected chi connectivity index (χ1v) is 23.0. The van der Waals surface area contributed by atoms with Gasteiger partial charge < -0.3 is 21.3 Å². The van der Waals surface area contributed by atoms with Crippen molar-refractivity contribution in [2.24, 2.45) is 0 Å². The summed E-state index contributed by atoms with van der Waals surface area (Å²) >= 11 is 9.32. The van der Waals surface area contributed by atoms with Gasteiger partial charge in [-0.2, -0.15) is 0 Å². The normalized spacial score (nSPS) is 14.9. The van der Waals surface area contributed by atoms with Crippen molar-refractivity contribution in [1.29, 1.82) is 0 Å². The van der Waals surface area contributed by atoms with Gasteiger partial charge in [-0.1, -0.05) is 182 Å². The maximum Gasteiger partial charge on any atom is 1.00 e. The van der Waals surface area contributed by atoms with Crippen molar-refractivity contribution in [3.05, 3.63) is 181 Å². The van der Waals surface area contributed by atoms with E-state index < -0.39 is 7.12 Å². The minimum absolute atomic E-state index is 0. The molecule has 0 spiro atoms. The van der Waals surface area contributed by atoms with E-state index in [9.17, 15) is 10.0 Å². The van der Waals surface area contributed by atoms with Gasteiger partial charge in [-0.15, -0.1) is 0 Å². The summed E-state index contributed by atoms with van der Waals surface area (Å²) in [5, 5.41) is 18.8. The molecule has 3 aliphatic rings. The molecular formula is C50H57BBr2IN2NaO2. The van der Waals surface area contributed by atoms with E-state index in [1.807, 2.05) is 36.2 Å². The number of hydrogen-bond donors (Lipinski definition) is 2. The van der Waals surface area contributed by atoms with Crippen LogP contribution in [0.4, 0.5) is 22.7 Å². The fourth-order valence-corrected chi connectivity index (χ4v) is 9.59. The molecule has 6 aromatic carbocycles. The standard InChI is InChI=1S/C16H18BNO2.C16H16BrN.C16H15Br.CH3I.CH4.Na.H/c1-16(2)12-6-4-5-7-14(12)18(3)15-9-8-11(17(19)20)10-13(15)16;1-16(2)12-6-4-5-7-14(12)18(3)15-9-8-11(17)10-13(15)16;1-16(2)14-6-4-3-5-11(14)9-12-7-8-13(17)10-15(12)16;1-2;;;/h4-10,19-20H,1-3H3;4-10H,1-3H3;3-8,10H,9H2,1-2H3;1H3;1H4;;/q;;;;;+1;-1. The SMILES string of the molecule is C.CC1(C)c2ccccc2Cc2ccc(Br)cc21.CI.CN1c2ccccc2C(C)(C)c2cc(B(O)O)ccc21.CN1c2ccccc2C(C)(C)c2cc(Br)ccc21.[H-].[Na+]. The van der Waals surface area contributed by atoms with Crippen LogP contribution >= 0.6 is 54.5 Å². The average molecular weight is 1040 g/mol. The summed E-state index contributed by atoms with van der Waals surface area (Å²) in [6.07, 6.45) is 1.06. The fourth-order valence-electron chi connectivity index (χ4n) is 8.87. The summed E-state index contributed by atoms with van der Waals surface area (Å²) in [5.41, 5.74) is 16.4. The molecule has 0 atom stereocenters. The first kappa shape index (κ1) is 49.3. The second kappa shape index (κ2) is 19.8. The molecule has 6 aromatic rings. The van der Waals surface area contributed by atoms with Crippen molar-refractivity contribution in [3.8, 4) is 0 Å². The van der Waals surface area contributed by atoms with Crippen molar-refractivity contribution < 1.29 is 41.0 Å². The maximum atomic E-state index is 9.40. The van der Waals surface area contributed by atoms with Gasteiger partial charge in [-0.05, 0) is 110 Å². The number of fused-ring (bicyclic) bond motifs is 6. The Hall–Kier alpha value is -2.41. The first-order valence-electron chi connectivity index (χ1n) is 19.3. The van der Waals surface area contributed by atoms with E-state index in [1.165, 1.54) is 60.5 Å². The average Bonchev–Trinajstić information content (AvgIpc) is 3.21. The fraction of sp³-hybridized carbons (Fsp3) is 0.280. The van der Waals surface area contributed by atoms with Crippen LogP contribution in [0.1, 0.15) is 94.9 Å². The van der Waals surface area contributed by atoms with Crippen molar-refractivity contribution in [2.45, 2.75) is 71.6 Å². The number of halogens is 3. The summed E-state index contributed by atoms with van der Waals surface area (Å²) in [7, 11) is 2.75. The molecule has 2 heterocycles. The van der Waals surface area contributed by atoms with E-state index in [0.717, 1.165) is 22.1 Å². The first-order chi connectivity index (χ1) is 27.0. The molecule has 2 aliphatic heterocycles. The van der Waals surface area contributed by atoms with E-state index in [4.69, 9.17) is 0 Å². The Balaban J connectivity index is 0.000000230. The van der Waals surface area contributed by atoms with Crippen molar-refractivity contribution in [2.75, 3.05) is 28.8 Å². The molecule has 0 aromatic heterocycles. The Morgan fingerprint density at radius 2 is 0.881 bits per heavy atom. The Bertz CT molecular complexity index is 2430. The molecule has 0 bridgehead atoms. The molecule has 0 unspecified atom stereocenters. The summed E-state index contributed by atoms with van der Waals surface area (Å²) in [6, 6.07) is 44.6. The summed E-state index contributed by atoms with van der Waals surface area (Å²) in [5.74, 6) is 0. The van der Waals surface area contributed by atoms with Crippen LogP contribution in [0.25, 0.3) is 0 Å². The van der Waals surface area contributed by atoms with E-state index in [-0.39, 0.29) is 54.7 Å². The molecule has 9 rings (SSSR count). The largest absolute Gasteiger partial charge is 1.00 e. The number of alkyl halides is 1. The van der Waals surface area contributed by atoms with Crippen LogP contribution in [-0.4, -0.2) is 36.2 Å². The Labute approximate surface area is 408 Å². The van der Waals surface area contributed by atoms with Crippen molar-refractivity contribution in [3.63, 3.8) is 0 Å². The van der Waals surface area contributed by atoms with Gasteiger partial charge in [0.2, 0.25) is 0 Å². The monoisotopic (exact) mass is 1040 g/mol. The molecule has 0 saturated heterocycles. The molecule has 2 N–H and O–H groups in total. The molecule has 9 heteroatoms. The van der Waals surface area contributed by atoms with Crippen LogP contribution in [0.15, 0.2) is 136 Å². The predicted octanol–water partition coefficient (Wildman–Crippen LogP) is 10.1. The number of hydrogen-bond acceptors (Lipinski definition) is 4. The summed E-state index contributed by atoms with van der Waals surface area (Å²) < 4.78 is 2.31. The number of benzene rings is 6. The van der Waals surface area contributed by atoms with Gasteiger partial charge in [0.1, 0.15) is 0 Å². The molecule has 0 fully saturated rings. The third-order valence-electron chi connectivity index (χ3n) is 12.0. The van der Waals surface area contributed by atoms with E-state index in [0.29, 0.717) is 5.46 Å². The zero-order chi connectivity index (χ0) is 41.4. The Morgan fingerprint density at radius 1 is 0.508 bits per heavy atom. The Morgan fingerprint density at radius 3 is 1.41 bits per heavy atom. The van der Waals surface area contributed by atoms with Crippen LogP contribution in [0, 0.1) is 0 Å². The van der Waals surface area contributed by atoms with Crippen LogP contribution in [0.3, 0.4) is 0 Å². The van der Waals surface area contributed by atoms with Gasteiger partial charge in [0.25, 0.3) is 0 Å². The van der Waals surface area contributed by atoms with Gasteiger partial charge in [0.05, 0.1) is 0 Å². The van der Waals surface area contributed by atoms with E-state index in [2.05, 4.69) is 210 Å². The van der Waals surface area contributed by atoms with Crippen LogP contribution in [0.5, 0.6) is 0 Å². The van der Waals surface area contributed by atoms with Crippen LogP contribution < -0.4 is 44.8 Å². The van der Waals surface area contributed by atoms with Crippen molar-refractivity contribution >= 4 is 89.8 Å². The van der Waals surface area contributed by atoms with E-state index >= 15 is 0 Å². The van der Waals surface area contributed by atoms with Gasteiger partial charge in [0.15, 0.2) is 0 Å². The molecule has 0 radical (unpaired) electrons. The van der Waals surface area contributed by atoms with Gasteiger partial charge in [0, 0.05) is 62.0 Å². The quantitative estimate of drug-likeness (QED) is 0.0979. The van der Waals surface area contributed by atoms with E-state index in [1.54, 1.807) is 6.07 Å². The number of nitrogens with zero attached hydrogens (tertiary/aromatic N) is 2. The molecule has 0 amide bonds. The van der Waals surface area contributed by atoms with Gasteiger partial charge in [-0.3, -0.25) is 0 Å². The zero-order valence-electron chi connectivity index (χ0n) is 36.3. The number of para-hydroxylation sites is 2. The summed E-state index contributed by atoms with van der Waals surface area (Å²) in [4.78, 5) is 6.41. The number of rotatable bonds is 1. The number of anilines is 4. The maximum absolute atomic E-state index is 9.40. The predicted molar refractivity (Wildman–Crippen MR) is 267 cm³/mol. The minimum atomic E-state index is -1.43. The smallest absolute Gasteiger partial charge is 1.00 e. The molecular weight excluding hydrogens is 981 g/mol. The second-order valence-electron chi connectivity index (χ2n) is 16.5. The van der Waals surface area contributed by atoms with Gasteiger partial charge >= 0.3 is 36.7 Å². The van der Waals surface area contributed by atoms with Crippen LogP contribution in [-0.2, 0) is 22.7 Å². The molecule has 304 valence electrons. The Kier molecular flexibility index (Phi) is 16.5. The molecule has 0 saturated carbocycles. The third-order valence-corrected chi connectivity index (χ3v) is 13.0.